The van der Waals surface area contributed by atoms with E-state index in [1.807, 2.05) is 6.92 Å². The quantitative estimate of drug-likeness (QED) is 0.819. The Balaban J connectivity index is 1.72. The van der Waals surface area contributed by atoms with E-state index in [9.17, 15) is 0 Å². The zero-order valence-electron chi connectivity index (χ0n) is 10.8. The van der Waals surface area contributed by atoms with Crippen molar-refractivity contribution in [3.63, 3.8) is 0 Å². The predicted molar refractivity (Wildman–Crippen MR) is 76.2 cm³/mol. The van der Waals surface area contributed by atoms with Gasteiger partial charge in [-0.15, -0.1) is 0 Å². The molecular formula is C13H20N4S. The van der Waals surface area contributed by atoms with E-state index >= 15 is 0 Å². The molecule has 1 saturated carbocycles. The number of rotatable bonds is 3. The SMILES string of the molecule is Cc1cnc(CNC(=S)NC2CCCCC2)cn1. The van der Waals surface area contributed by atoms with Gasteiger partial charge in [0.25, 0.3) is 0 Å². The van der Waals surface area contributed by atoms with E-state index in [4.69, 9.17) is 12.2 Å². The maximum atomic E-state index is 5.29. The molecule has 1 aliphatic rings. The number of hydrogen-bond donors (Lipinski definition) is 2. The minimum Gasteiger partial charge on any atom is -0.360 e. The summed E-state index contributed by atoms with van der Waals surface area (Å²) in [5, 5.41) is 7.28. The average molecular weight is 264 g/mol. The first-order valence-corrected chi connectivity index (χ1v) is 6.97. The molecule has 98 valence electrons. The van der Waals surface area contributed by atoms with E-state index in [0.29, 0.717) is 12.6 Å². The van der Waals surface area contributed by atoms with Gasteiger partial charge in [0.15, 0.2) is 5.11 Å². The Morgan fingerprint density at radius 3 is 2.72 bits per heavy atom. The zero-order chi connectivity index (χ0) is 12.8. The Hall–Kier alpha value is -1.23. The molecule has 5 heteroatoms. The fraction of sp³-hybridized carbons (Fsp3) is 0.615. The lowest BCUT2D eigenvalue weighted by molar-refractivity contribution is 0.412. The van der Waals surface area contributed by atoms with E-state index in [-0.39, 0.29) is 0 Å². The molecule has 0 bridgehead atoms. The molecule has 0 saturated heterocycles. The van der Waals surface area contributed by atoms with Crippen molar-refractivity contribution in [1.82, 2.24) is 20.6 Å². The number of aromatic nitrogens is 2. The van der Waals surface area contributed by atoms with Gasteiger partial charge >= 0.3 is 0 Å². The van der Waals surface area contributed by atoms with E-state index in [2.05, 4.69) is 20.6 Å². The minimum atomic E-state index is 0.544. The summed E-state index contributed by atoms with van der Waals surface area (Å²) in [6.07, 6.45) is 9.99. The van der Waals surface area contributed by atoms with Crippen LogP contribution in [-0.2, 0) is 6.54 Å². The third-order valence-corrected chi connectivity index (χ3v) is 3.47. The molecule has 0 radical (unpaired) electrons. The Labute approximate surface area is 114 Å². The molecule has 0 unspecified atom stereocenters. The van der Waals surface area contributed by atoms with Crippen molar-refractivity contribution < 1.29 is 0 Å². The monoisotopic (exact) mass is 264 g/mol. The summed E-state index contributed by atoms with van der Waals surface area (Å²) in [4.78, 5) is 8.49. The second kappa shape index (κ2) is 6.64. The first kappa shape index (κ1) is 13.2. The molecule has 0 amide bonds. The van der Waals surface area contributed by atoms with Gasteiger partial charge in [0, 0.05) is 12.2 Å². The van der Waals surface area contributed by atoms with Gasteiger partial charge in [-0.3, -0.25) is 9.97 Å². The highest BCUT2D eigenvalue weighted by Gasteiger charge is 2.13. The van der Waals surface area contributed by atoms with Crippen molar-refractivity contribution >= 4 is 17.3 Å². The number of hydrogen-bond acceptors (Lipinski definition) is 3. The van der Waals surface area contributed by atoms with Crippen LogP contribution in [-0.4, -0.2) is 21.1 Å². The third-order valence-electron chi connectivity index (χ3n) is 3.20. The molecule has 2 N–H and O–H groups in total. The van der Waals surface area contributed by atoms with E-state index < -0.39 is 0 Å². The number of aryl methyl sites for hydroxylation is 1. The van der Waals surface area contributed by atoms with Gasteiger partial charge in [-0.2, -0.15) is 0 Å². The Morgan fingerprint density at radius 1 is 1.28 bits per heavy atom. The summed E-state index contributed by atoms with van der Waals surface area (Å²) < 4.78 is 0. The van der Waals surface area contributed by atoms with Gasteiger partial charge in [-0.05, 0) is 32.0 Å². The summed E-state index contributed by atoms with van der Waals surface area (Å²) >= 11 is 5.29. The zero-order valence-corrected chi connectivity index (χ0v) is 11.6. The lowest BCUT2D eigenvalue weighted by Gasteiger charge is -2.24. The molecule has 1 heterocycles. The largest absolute Gasteiger partial charge is 0.360 e. The first-order chi connectivity index (χ1) is 8.74. The molecule has 1 fully saturated rings. The fourth-order valence-electron chi connectivity index (χ4n) is 2.16. The van der Waals surface area contributed by atoms with Gasteiger partial charge in [0.05, 0.1) is 24.1 Å². The maximum absolute atomic E-state index is 5.29. The molecule has 0 atom stereocenters. The van der Waals surface area contributed by atoms with Gasteiger partial charge in [-0.25, -0.2) is 0 Å². The Kier molecular flexibility index (Phi) is 4.87. The van der Waals surface area contributed by atoms with Gasteiger partial charge in [-0.1, -0.05) is 19.3 Å². The summed E-state index contributed by atoms with van der Waals surface area (Å²) in [6, 6.07) is 0.544. The van der Waals surface area contributed by atoms with Crippen LogP contribution in [0.2, 0.25) is 0 Å². The van der Waals surface area contributed by atoms with E-state index in [0.717, 1.165) is 16.5 Å². The number of nitrogens with zero attached hydrogens (tertiary/aromatic N) is 2. The normalized spacial score (nSPS) is 16.3. The van der Waals surface area contributed by atoms with Crippen LogP contribution in [0, 0.1) is 6.92 Å². The van der Waals surface area contributed by atoms with Crippen LogP contribution in [0.5, 0.6) is 0 Å². The standard InChI is InChI=1S/C13H20N4S/c1-10-7-15-12(8-14-10)9-16-13(18)17-11-5-3-2-4-6-11/h7-8,11H,2-6,9H2,1H3,(H2,16,17,18). The topological polar surface area (TPSA) is 49.8 Å². The highest BCUT2D eigenvalue weighted by atomic mass is 32.1. The van der Waals surface area contributed by atoms with Crippen molar-refractivity contribution in [1.29, 1.82) is 0 Å². The molecule has 1 aromatic rings. The molecule has 1 aromatic heterocycles. The second-order valence-electron chi connectivity index (χ2n) is 4.81. The first-order valence-electron chi connectivity index (χ1n) is 6.56. The van der Waals surface area contributed by atoms with Crippen molar-refractivity contribution in [2.45, 2.75) is 51.6 Å². The highest BCUT2D eigenvalue weighted by Crippen LogP contribution is 2.17. The van der Waals surface area contributed by atoms with Crippen molar-refractivity contribution in [3.8, 4) is 0 Å². The predicted octanol–water partition coefficient (Wildman–Crippen LogP) is 2.08. The van der Waals surface area contributed by atoms with Gasteiger partial charge < -0.3 is 10.6 Å². The Bertz CT molecular complexity index is 384. The molecule has 1 aliphatic carbocycles. The van der Waals surface area contributed by atoms with Crippen LogP contribution >= 0.6 is 12.2 Å². The van der Waals surface area contributed by atoms with Crippen LogP contribution in [0.1, 0.15) is 43.5 Å². The lowest BCUT2D eigenvalue weighted by Crippen LogP contribution is -2.42. The average Bonchev–Trinajstić information content (AvgIpc) is 2.39. The fourth-order valence-corrected chi connectivity index (χ4v) is 2.40. The van der Waals surface area contributed by atoms with Crippen LogP contribution < -0.4 is 10.6 Å². The summed E-state index contributed by atoms with van der Waals surface area (Å²) in [6.45, 7) is 2.56. The van der Waals surface area contributed by atoms with Crippen LogP contribution in [0.15, 0.2) is 12.4 Å². The second-order valence-corrected chi connectivity index (χ2v) is 5.22. The molecule has 0 spiro atoms. The van der Waals surface area contributed by atoms with Crippen LogP contribution in [0.4, 0.5) is 0 Å². The van der Waals surface area contributed by atoms with Crippen LogP contribution in [0.25, 0.3) is 0 Å². The molecule has 2 rings (SSSR count). The van der Waals surface area contributed by atoms with Crippen LogP contribution in [0.3, 0.4) is 0 Å². The van der Waals surface area contributed by atoms with Crippen molar-refractivity contribution in [3.05, 3.63) is 23.8 Å². The van der Waals surface area contributed by atoms with Gasteiger partial charge in [0.2, 0.25) is 0 Å². The molecule has 4 nitrogen and oxygen atoms in total. The number of thiocarbonyl (C=S) groups is 1. The summed E-state index contributed by atoms with van der Waals surface area (Å²) in [5.41, 5.74) is 1.84. The highest BCUT2D eigenvalue weighted by molar-refractivity contribution is 7.80. The molecule has 0 aromatic carbocycles. The molecule has 18 heavy (non-hydrogen) atoms. The van der Waals surface area contributed by atoms with Gasteiger partial charge in [0.1, 0.15) is 0 Å². The van der Waals surface area contributed by atoms with E-state index in [1.165, 1.54) is 32.1 Å². The summed E-state index contributed by atoms with van der Waals surface area (Å²) in [5.74, 6) is 0. The Morgan fingerprint density at radius 2 is 2.06 bits per heavy atom. The molecule has 0 aliphatic heterocycles. The lowest BCUT2D eigenvalue weighted by atomic mass is 9.96. The molecular weight excluding hydrogens is 244 g/mol. The maximum Gasteiger partial charge on any atom is 0.166 e. The smallest absolute Gasteiger partial charge is 0.166 e. The van der Waals surface area contributed by atoms with Crippen molar-refractivity contribution in [2.75, 3.05) is 0 Å². The van der Waals surface area contributed by atoms with Crippen molar-refractivity contribution in [2.24, 2.45) is 0 Å². The third kappa shape index (κ3) is 4.22. The summed E-state index contributed by atoms with van der Waals surface area (Å²) in [7, 11) is 0. The van der Waals surface area contributed by atoms with E-state index in [1.54, 1.807) is 12.4 Å². The minimum absolute atomic E-state index is 0.544. The number of nitrogens with one attached hydrogen (secondary N) is 2.